The van der Waals surface area contributed by atoms with E-state index in [2.05, 4.69) is 45.5 Å². The summed E-state index contributed by atoms with van der Waals surface area (Å²) in [6.45, 7) is 3.88. The summed E-state index contributed by atoms with van der Waals surface area (Å²) in [4.78, 5) is 53.3. The van der Waals surface area contributed by atoms with Gasteiger partial charge in [-0.25, -0.2) is 0 Å². The van der Waals surface area contributed by atoms with Crippen LogP contribution in [0.5, 0.6) is 0 Å². The molecule has 0 radical (unpaired) electrons. The van der Waals surface area contributed by atoms with Gasteiger partial charge in [0.15, 0.2) is 6.61 Å². The summed E-state index contributed by atoms with van der Waals surface area (Å²) in [6, 6.07) is 20.1. The lowest BCUT2D eigenvalue weighted by Gasteiger charge is -2.45. The quantitative estimate of drug-likeness (QED) is 0.178. The van der Waals surface area contributed by atoms with Crippen LogP contribution in [0, 0.1) is 25.7 Å². The molecule has 3 aromatic carbocycles. The number of benzene rings is 3. The predicted molar refractivity (Wildman–Crippen MR) is 162 cm³/mol. The van der Waals surface area contributed by atoms with Crippen molar-refractivity contribution in [2.24, 2.45) is 11.8 Å². The molecule has 0 spiro atoms. The maximum Gasteiger partial charge on any atom is 0.306 e. The van der Waals surface area contributed by atoms with E-state index in [1.54, 1.807) is 6.07 Å². The zero-order chi connectivity index (χ0) is 29.5. The highest BCUT2D eigenvalue weighted by Gasteiger charge is 2.61. The van der Waals surface area contributed by atoms with E-state index in [4.69, 9.17) is 4.74 Å². The third-order valence-corrected chi connectivity index (χ3v) is 10.0. The van der Waals surface area contributed by atoms with Gasteiger partial charge in [-0.1, -0.05) is 70.9 Å². The second-order valence-corrected chi connectivity index (χ2v) is 12.3. The van der Waals surface area contributed by atoms with Crippen molar-refractivity contribution < 1.29 is 23.9 Å². The first-order valence-electron chi connectivity index (χ1n) is 14.5. The lowest BCUT2D eigenvalue weighted by atomic mass is 9.55. The lowest BCUT2D eigenvalue weighted by Crippen LogP contribution is -2.41. The van der Waals surface area contributed by atoms with Crippen LogP contribution >= 0.6 is 15.9 Å². The zero-order valence-electron chi connectivity index (χ0n) is 23.7. The van der Waals surface area contributed by atoms with Crippen LogP contribution in [0.15, 0.2) is 65.1 Å². The highest BCUT2D eigenvalue weighted by Crippen LogP contribution is 2.60. The highest BCUT2D eigenvalue weighted by molar-refractivity contribution is 9.10. The Morgan fingerprint density at radius 3 is 1.88 bits per heavy atom. The van der Waals surface area contributed by atoms with Crippen molar-refractivity contribution in [2.75, 3.05) is 18.5 Å². The molecule has 8 heteroatoms. The van der Waals surface area contributed by atoms with Gasteiger partial charge in [0, 0.05) is 35.0 Å². The molecule has 1 aliphatic heterocycles. The molecule has 7 rings (SSSR count). The van der Waals surface area contributed by atoms with Gasteiger partial charge in [-0.3, -0.25) is 24.1 Å². The SMILES string of the molecule is Cc1c(Br)ccc(NC(=O)COC(=O)CCCCCN2C(=O)[C@@H]3C4c5ccccc5C(c5ccccc54)[C@@H]3C2=O)c1C. The molecule has 0 saturated carbocycles. The van der Waals surface area contributed by atoms with Gasteiger partial charge in [-0.15, -0.1) is 0 Å². The van der Waals surface area contributed by atoms with Crippen molar-refractivity contribution in [1.29, 1.82) is 0 Å². The van der Waals surface area contributed by atoms with E-state index in [0.717, 1.165) is 15.6 Å². The molecule has 1 N–H and O–H groups in total. The van der Waals surface area contributed by atoms with Gasteiger partial charge in [-0.2, -0.15) is 0 Å². The summed E-state index contributed by atoms with van der Waals surface area (Å²) >= 11 is 3.47. The number of hydrogen-bond donors (Lipinski definition) is 1. The van der Waals surface area contributed by atoms with E-state index >= 15 is 0 Å². The van der Waals surface area contributed by atoms with Crippen molar-refractivity contribution in [1.82, 2.24) is 4.90 Å². The molecule has 2 atom stereocenters. The van der Waals surface area contributed by atoms with Gasteiger partial charge in [-0.05, 0) is 72.2 Å². The van der Waals surface area contributed by atoms with Crippen molar-refractivity contribution in [2.45, 2.75) is 51.4 Å². The van der Waals surface area contributed by atoms with Crippen molar-refractivity contribution in [3.05, 3.63) is 98.5 Å². The summed E-state index contributed by atoms with van der Waals surface area (Å²) in [5.41, 5.74) is 7.32. The monoisotopic (exact) mass is 628 g/mol. The standard InChI is InChI=1S/C34H33BrN2O5/c1-19-20(2)26(16-15-25(19)35)36-27(38)18-42-28(39)14-4-3-9-17-37-33(40)31-29-21-10-5-6-11-22(21)30(32(31)34(37)41)24-13-8-7-12-23(24)29/h5-8,10-13,15-16,29-32H,3-4,9,14,17-18H2,1-2H3,(H,36,38)/t29?,30?,31-,32+. The Kier molecular flexibility index (Phi) is 7.75. The molecular weight excluding hydrogens is 596 g/mol. The molecule has 3 amide bonds. The second-order valence-electron chi connectivity index (χ2n) is 11.5. The topological polar surface area (TPSA) is 92.8 Å². The Hall–Kier alpha value is -3.78. The van der Waals surface area contributed by atoms with Crippen LogP contribution in [0.2, 0.25) is 0 Å². The minimum absolute atomic E-state index is 0.0781. The van der Waals surface area contributed by atoms with Crippen LogP contribution < -0.4 is 5.32 Å². The minimum atomic E-state index is -0.444. The Labute approximate surface area is 253 Å². The number of nitrogens with one attached hydrogen (secondary N) is 1. The molecule has 0 aromatic heterocycles. The van der Waals surface area contributed by atoms with Crippen molar-refractivity contribution in [3.63, 3.8) is 0 Å². The van der Waals surface area contributed by atoms with E-state index in [0.29, 0.717) is 31.5 Å². The van der Waals surface area contributed by atoms with Crippen LogP contribution in [-0.4, -0.2) is 41.7 Å². The predicted octanol–water partition coefficient (Wildman–Crippen LogP) is 6.00. The smallest absolute Gasteiger partial charge is 0.306 e. The van der Waals surface area contributed by atoms with E-state index in [1.165, 1.54) is 27.2 Å². The molecule has 4 aliphatic rings. The number of carbonyl (C=O) groups excluding carboxylic acids is 4. The number of hydrogen-bond acceptors (Lipinski definition) is 5. The van der Waals surface area contributed by atoms with Crippen LogP contribution in [0.4, 0.5) is 5.69 Å². The fourth-order valence-corrected chi connectivity index (χ4v) is 7.43. The zero-order valence-corrected chi connectivity index (χ0v) is 25.3. The van der Waals surface area contributed by atoms with E-state index in [-0.39, 0.29) is 54.4 Å². The highest BCUT2D eigenvalue weighted by atomic mass is 79.9. The van der Waals surface area contributed by atoms with Crippen LogP contribution in [0.3, 0.4) is 0 Å². The van der Waals surface area contributed by atoms with E-state index in [9.17, 15) is 19.2 Å². The fraction of sp³-hybridized carbons (Fsp3) is 0.353. The maximum atomic E-state index is 13.7. The number of carbonyl (C=O) groups is 4. The van der Waals surface area contributed by atoms with E-state index < -0.39 is 5.97 Å². The first-order valence-corrected chi connectivity index (χ1v) is 15.3. The van der Waals surface area contributed by atoms with Gasteiger partial charge >= 0.3 is 5.97 Å². The fourth-order valence-electron chi connectivity index (χ4n) is 7.00. The van der Waals surface area contributed by atoms with Crippen LogP contribution in [0.1, 0.15) is 70.9 Å². The third-order valence-electron chi connectivity index (χ3n) is 9.16. The second kappa shape index (κ2) is 11.5. The van der Waals surface area contributed by atoms with Crippen molar-refractivity contribution >= 4 is 45.3 Å². The number of ether oxygens (including phenoxy) is 1. The van der Waals surface area contributed by atoms with Crippen molar-refractivity contribution in [3.8, 4) is 0 Å². The number of anilines is 1. The molecule has 216 valence electrons. The minimum Gasteiger partial charge on any atom is -0.456 e. The van der Waals surface area contributed by atoms with Gasteiger partial charge < -0.3 is 10.1 Å². The maximum absolute atomic E-state index is 13.7. The molecule has 1 fully saturated rings. The number of amides is 3. The Morgan fingerprint density at radius 1 is 0.786 bits per heavy atom. The first kappa shape index (κ1) is 28.3. The molecule has 3 aromatic rings. The largest absolute Gasteiger partial charge is 0.456 e. The van der Waals surface area contributed by atoms with Crippen LogP contribution in [0.25, 0.3) is 0 Å². The molecule has 3 aliphatic carbocycles. The number of nitrogens with zero attached hydrogens (tertiary/aromatic N) is 1. The van der Waals surface area contributed by atoms with Gasteiger partial charge in [0.1, 0.15) is 0 Å². The molecule has 1 saturated heterocycles. The van der Waals surface area contributed by atoms with E-state index in [1.807, 2.05) is 44.2 Å². The Bertz CT molecular complexity index is 1480. The first-order chi connectivity index (χ1) is 20.3. The third kappa shape index (κ3) is 4.85. The number of unbranched alkanes of at least 4 members (excludes halogenated alkanes) is 2. The Morgan fingerprint density at radius 2 is 1.33 bits per heavy atom. The normalized spacial score (nSPS) is 21.5. The Balaban J connectivity index is 0.992. The summed E-state index contributed by atoms with van der Waals surface area (Å²) < 4.78 is 6.12. The lowest BCUT2D eigenvalue weighted by molar-refractivity contribution is -0.147. The summed E-state index contributed by atoms with van der Waals surface area (Å²) in [5.74, 6) is -1.91. The molecule has 0 unspecified atom stereocenters. The van der Waals surface area contributed by atoms with Gasteiger partial charge in [0.2, 0.25) is 11.8 Å². The number of esters is 1. The number of rotatable bonds is 9. The summed E-state index contributed by atoms with van der Waals surface area (Å²) in [5, 5.41) is 2.79. The number of imide groups is 1. The molecule has 7 nitrogen and oxygen atoms in total. The molecular formula is C34H33BrN2O5. The van der Waals surface area contributed by atoms with Crippen LogP contribution in [-0.2, 0) is 23.9 Å². The molecule has 2 bridgehead atoms. The molecule has 42 heavy (non-hydrogen) atoms. The average molecular weight is 630 g/mol. The number of halogens is 1. The average Bonchev–Trinajstić information content (AvgIpc) is 3.25. The van der Waals surface area contributed by atoms with Gasteiger partial charge in [0.05, 0.1) is 11.8 Å². The molecule has 1 heterocycles. The number of likely N-dealkylation sites (tertiary alicyclic amines) is 1. The van der Waals surface area contributed by atoms with Gasteiger partial charge in [0.25, 0.3) is 5.91 Å². The summed E-state index contributed by atoms with van der Waals surface area (Å²) in [6.07, 6.45) is 2.00. The summed E-state index contributed by atoms with van der Waals surface area (Å²) in [7, 11) is 0.